The van der Waals surface area contributed by atoms with Crippen molar-refractivity contribution in [3.63, 3.8) is 0 Å². The Bertz CT molecular complexity index is 1100. The first kappa shape index (κ1) is 23.0. The topological polar surface area (TPSA) is 118 Å². The van der Waals surface area contributed by atoms with E-state index >= 15 is 0 Å². The maximum atomic E-state index is 13.0. The third-order valence-corrected chi connectivity index (χ3v) is 9.52. The zero-order valence-electron chi connectivity index (χ0n) is 19.0. The van der Waals surface area contributed by atoms with Crippen LogP contribution < -0.4 is 10.2 Å². The van der Waals surface area contributed by atoms with Crippen LogP contribution in [0.1, 0.15) is 6.42 Å². The standard InChI is InChI=1S/C23H28N4O6S/c1-33-23(30)24-17-4-6-18(7-5-17)34(31,32)26-11-8-25(9-12-26)10-13-27-21(28)19-15-2-3-16(14-15)20(19)22(27)29/h2-7,15-16,19-20H,8-14H2,1H3,(H,24,30)/p+1/t15-,16-,19-,20+/m0/s1. The minimum Gasteiger partial charge on any atom is -0.453 e. The summed E-state index contributed by atoms with van der Waals surface area (Å²) in [6, 6.07) is 5.96. The van der Waals surface area contributed by atoms with Crippen molar-refractivity contribution < 1.29 is 32.4 Å². The van der Waals surface area contributed by atoms with Gasteiger partial charge in [0.2, 0.25) is 21.8 Å². The van der Waals surface area contributed by atoms with E-state index in [-0.39, 0.29) is 40.4 Å². The van der Waals surface area contributed by atoms with E-state index in [0.29, 0.717) is 45.0 Å². The second-order valence-electron chi connectivity index (χ2n) is 9.37. The lowest BCUT2D eigenvalue weighted by molar-refractivity contribution is -0.902. The average molecular weight is 490 g/mol. The maximum Gasteiger partial charge on any atom is 0.411 e. The maximum absolute atomic E-state index is 13.0. The molecule has 2 heterocycles. The third kappa shape index (κ3) is 3.91. The number of methoxy groups -OCH3 is 1. The summed E-state index contributed by atoms with van der Waals surface area (Å²) in [7, 11) is -2.40. The van der Waals surface area contributed by atoms with Crippen molar-refractivity contribution >= 4 is 33.6 Å². The van der Waals surface area contributed by atoms with Gasteiger partial charge in [-0.05, 0) is 42.5 Å². The van der Waals surface area contributed by atoms with Gasteiger partial charge in [0.1, 0.15) is 0 Å². The first-order valence-corrected chi connectivity index (χ1v) is 13.1. The van der Waals surface area contributed by atoms with Crippen LogP contribution in [0.15, 0.2) is 41.3 Å². The molecule has 2 N–H and O–H groups in total. The summed E-state index contributed by atoms with van der Waals surface area (Å²) in [5.41, 5.74) is 0.444. The van der Waals surface area contributed by atoms with Gasteiger partial charge in [0.15, 0.2) is 0 Å². The summed E-state index contributed by atoms with van der Waals surface area (Å²) in [6.07, 6.45) is 4.48. The molecule has 1 aromatic carbocycles. The molecule has 182 valence electrons. The number of benzene rings is 1. The van der Waals surface area contributed by atoms with E-state index in [1.54, 1.807) is 0 Å². The van der Waals surface area contributed by atoms with Crippen molar-refractivity contribution in [2.45, 2.75) is 11.3 Å². The van der Waals surface area contributed by atoms with Crippen LogP contribution in [0.4, 0.5) is 10.5 Å². The highest BCUT2D eigenvalue weighted by Crippen LogP contribution is 2.52. The van der Waals surface area contributed by atoms with E-state index in [4.69, 9.17) is 0 Å². The number of carbonyl (C=O) groups excluding carboxylic acids is 3. The molecule has 10 nitrogen and oxygen atoms in total. The van der Waals surface area contributed by atoms with Crippen molar-refractivity contribution in [1.82, 2.24) is 9.21 Å². The number of fused-ring (bicyclic) bond motifs is 5. The number of nitrogens with one attached hydrogen (secondary N) is 2. The number of imide groups is 1. The number of quaternary nitrogens is 1. The first-order valence-electron chi connectivity index (χ1n) is 11.6. The molecule has 2 bridgehead atoms. The van der Waals surface area contributed by atoms with Crippen molar-refractivity contribution in [2.75, 3.05) is 51.7 Å². The van der Waals surface area contributed by atoms with E-state index in [0.717, 1.165) is 6.42 Å². The number of piperazine rings is 1. The number of anilines is 1. The molecule has 4 aliphatic rings. The van der Waals surface area contributed by atoms with Crippen LogP contribution in [0.3, 0.4) is 0 Å². The Hall–Kier alpha value is -2.76. The monoisotopic (exact) mass is 489 g/mol. The zero-order valence-corrected chi connectivity index (χ0v) is 19.8. The van der Waals surface area contributed by atoms with E-state index < -0.39 is 16.1 Å². The van der Waals surface area contributed by atoms with Gasteiger partial charge in [-0.25, -0.2) is 13.2 Å². The van der Waals surface area contributed by atoms with Gasteiger partial charge >= 0.3 is 6.09 Å². The predicted octanol–water partition coefficient (Wildman–Crippen LogP) is -0.439. The SMILES string of the molecule is COC(=O)Nc1ccc(S(=O)(=O)N2CC[NH+](CCN3C(=O)[C@@H]4[C@H](C3=O)[C@H]3C=C[C@H]4C3)CC2)cc1. The number of ether oxygens (including phenoxy) is 1. The number of nitrogens with zero attached hydrogens (tertiary/aromatic N) is 2. The summed E-state index contributed by atoms with van der Waals surface area (Å²) in [5, 5.41) is 2.49. The lowest BCUT2D eigenvalue weighted by Gasteiger charge is -2.32. The fraction of sp³-hybridized carbons (Fsp3) is 0.522. The molecule has 0 aromatic heterocycles. The van der Waals surface area contributed by atoms with Crippen molar-refractivity contribution in [1.29, 1.82) is 0 Å². The molecule has 0 spiro atoms. The van der Waals surface area contributed by atoms with Crippen molar-refractivity contribution in [3.05, 3.63) is 36.4 Å². The Balaban J connectivity index is 1.13. The minimum absolute atomic E-state index is 0.0300. The van der Waals surface area contributed by atoms with Crippen LogP contribution in [0.2, 0.25) is 0 Å². The van der Waals surface area contributed by atoms with Gasteiger partial charge in [-0.3, -0.25) is 19.8 Å². The Kier molecular flexibility index (Phi) is 5.95. The summed E-state index contributed by atoms with van der Waals surface area (Å²) in [4.78, 5) is 39.8. The molecule has 0 unspecified atom stereocenters. The average Bonchev–Trinajstić information content (AvgIpc) is 3.52. The third-order valence-electron chi connectivity index (χ3n) is 7.60. The molecule has 4 atom stereocenters. The van der Waals surface area contributed by atoms with E-state index in [1.807, 2.05) is 0 Å². The zero-order chi connectivity index (χ0) is 24.0. The quantitative estimate of drug-likeness (QED) is 0.413. The summed E-state index contributed by atoms with van der Waals surface area (Å²) < 4.78 is 32.0. The number of hydrogen-bond donors (Lipinski definition) is 2. The Morgan fingerprint density at radius 1 is 1.06 bits per heavy atom. The van der Waals surface area contributed by atoms with Crippen LogP contribution >= 0.6 is 0 Å². The predicted molar refractivity (Wildman–Crippen MR) is 121 cm³/mol. The van der Waals surface area contributed by atoms with Crippen molar-refractivity contribution in [2.24, 2.45) is 23.7 Å². The molecular weight excluding hydrogens is 460 g/mol. The Morgan fingerprint density at radius 2 is 1.65 bits per heavy atom. The van der Waals surface area contributed by atoms with Crippen LogP contribution in [0.25, 0.3) is 0 Å². The second kappa shape index (κ2) is 8.79. The van der Waals surface area contributed by atoms with Gasteiger partial charge in [0, 0.05) is 5.69 Å². The lowest BCUT2D eigenvalue weighted by atomic mass is 9.85. The van der Waals surface area contributed by atoms with Gasteiger partial charge in [0.05, 0.1) is 63.1 Å². The molecule has 2 saturated heterocycles. The summed E-state index contributed by atoms with van der Waals surface area (Å²) in [5.74, 6) is 0.0170. The number of likely N-dealkylation sites (tertiary alicyclic amines) is 1. The Morgan fingerprint density at radius 3 is 2.21 bits per heavy atom. The van der Waals surface area contributed by atoms with Crippen LogP contribution in [-0.2, 0) is 24.3 Å². The highest BCUT2D eigenvalue weighted by Gasteiger charge is 2.59. The summed E-state index contributed by atoms with van der Waals surface area (Å²) in [6.45, 7) is 2.96. The fourth-order valence-electron chi connectivity index (χ4n) is 5.78. The molecule has 5 rings (SSSR count). The highest BCUT2D eigenvalue weighted by molar-refractivity contribution is 7.89. The fourth-order valence-corrected chi connectivity index (χ4v) is 7.22. The van der Waals surface area contributed by atoms with Crippen LogP contribution in [-0.4, -0.2) is 81.9 Å². The lowest BCUT2D eigenvalue weighted by Crippen LogP contribution is -3.15. The molecule has 2 aliphatic carbocycles. The van der Waals surface area contributed by atoms with E-state index in [2.05, 4.69) is 22.2 Å². The number of rotatable bonds is 6. The molecule has 1 saturated carbocycles. The van der Waals surface area contributed by atoms with Crippen molar-refractivity contribution in [3.8, 4) is 0 Å². The van der Waals surface area contributed by atoms with Gasteiger partial charge in [0.25, 0.3) is 0 Å². The van der Waals surface area contributed by atoms with Crippen LogP contribution in [0, 0.1) is 23.7 Å². The normalized spacial score (nSPS) is 29.0. The number of hydrogen-bond acceptors (Lipinski definition) is 6. The molecule has 34 heavy (non-hydrogen) atoms. The summed E-state index contributed by atoms with van der Waals surface area (Å²) >= 11 is 0. The van der Waals surface area contributed by atoms with Gasteiger partial charge in [-0.15, -0.1) is 0 Å². The molecule has 1 aromatic rings. The minimum atomic E-state index is -3.65. The molecule has 0 radical (unpaired) electrons. The number of carbonyl (C=O) groups is 3. The Labute approximate surface area is 198 Å². The van der Waals surface area contributed by atoms with E-state index in [1.165, 1.54) is 45.5 Å². The number of sulfonamides is 1. The second-order valence-corrected chi connectivity index (χ2v) is 11.3. The number of allylic oxidation sites excluding steroid dienone is 2. The largest absolute Gasteiger partial charge is 0.453 e. The van der Waals surface area contributed by atoms with Gasteiger partial charge in [-0.2, -0.15) is 4.31 Å². The molecular formula is C23H29N4O6S+. The van der Waals surface area contributed by atoms with Crippen LogP contribution in [0.5, 0.6) is 0 Å². The molecule has 2 aliphatic heterocycles. The van der Waals surface area contributed by atoms with Gasteiger partial charge in [-0.1, -0.05) is 12.2 Å². The highest BCUT2D eigenvalue weighted by atomic mass is 32.2. The number of amides is 3. The van der Waals surface area contributed by atoms with E-state index in [9.17, 15) is 22.8 Å². The molecule has 3 fully saturated rings. The smallest absolute Gasteiger partial charge is 0.411 e. The van der Waals surface area contributed by atoms with Gasteiger partial charge < -0.3 is 9.64 Å². The molecule has 11 heteroatoms. The molecule has 3 amide bonds. The first-order chi connectivity index (χ1) is 16.3.